The van der Waals surface area contributed by atoms with Gasteiger partial charge in [-0.15, -0.1) is 0 Å². The van der Waals surface area contributed by atoms with Gasteiger partial charge in [-0.25, -0.2) is 4.98 Å². The summed E-state index contributed by atoms with van der Waals surface area (Å²) < 4.78 is 28.3. The number of nitrogen functional groups attached to an aromatic ring is 1. The Morgan fingerprint density at radius 3 is 2.07 bits per heavy atom. The second-order valence-corrected chi connectivity index (χ2v) is 9.89. The molecule has 1 aromatic heterocycles. The number of nitrogens with two attached hydrogens (primary N) is 1. The van der Waals surface area contributed by atoms with Gasteiger partial charge in [-0.1, -0.05) is 29.3 Å². The fraction of sp³-hybridized carbons (Fsp3) is 0. The van der Waals surface area contributed by atoms with E-state index in [2.05, 4.69) is 32.3 Å². The van der Waals surface area contributed by atoms with Crippen molar-refractivity contribution in [3.63, 3.8) is 0 Å². The zero-order valence-corrected chi connectivity index (χ0v) is 20.2. The topological polar surface area (TPSA) is 85.1 Å². The third kappa shape index (κ3) is 6.93. The molecule has 0 radical (unpaired) electrons. The fourth-order valence-corrected chi connectivity index (χ4v) is 4.87. The van der Waals surface area contributed by atoms with Crippen LogP contribution in [0.1, 0.15) is 0 Å². The molecule has 3 N–H and O–H groups in total. The van der Waals surface area contributed by atoms with Crippen LogP contribution in [0.2, 0.25) is 10.0 Å². The molecule has 0 aliphatic carbocycles. The second-order valence-electron chi connectivity index (χ2n) is 5.06. The molecule has 0 saturated heterocycles. The summed E-state index contributed by atoms with van der Waals surface area (Å²) >= 11 is 15.6. The number of hydrogen-bond donors (Lipinski definition) is 2. The molecule has 0 unspecified atom stereocenters. The van der Waals surface area contributed by atoms with Crippen LogP contribution in [0.15, 0.2) is 65.8 Å². The maximum absolute atomic E-state index is 12.0. The first-order chi connectivity index (χ1) is 12.7. The van der Waals surface area contributed by atoms with Crippen molar-refractivity contribution in [2.24, 2.45) is 0 Å². The fourth-order valence-electron chi connectivity index (χ4n) is 1.78. The molecule has 1 heterocycles. The number of pyridine rings is 1. The van der Waals surface area contributed by atoms with Crippen LogP contribution in [-0.4, -0.2) is 13.4 Å². The number of rotatable bonds is 3. The number of aromatic nitrogens is 1. The smallest absolute Gasteiger partial charge is 0.279 e. The van der Waals surface area contributed by atoms with Crippen molar-refractivity contribution in [3.05, 3.63) is 78.0 Å². The largest absolute Gasteiger partial charge is 0.398 e. The molecule has 10 heteroatoms. The molecular formula is C17H13Cl2I2N3O2S. The van der Waals surface area contributed by atoms with Crippen LogP contribution >= 0.6 is 68.4 Å². The van der Waals surface area contributed by atoms with Gasteiger partial charge in [-0.2, -0.15) is 8.42 Å². The van der Waals surface area contributed by atoms with Crippen molar-refractivity contribution in [2.45, 2.75) is 5.03 Å². The van der Waals surface area contributed by atoms with Crippen LogP contribution < -0.4 is 10.5 Å². The maximum Gasteiger partial charge on any atom is 0.279 e. The molecule has 142 valence electrons. The van der Waals surface area contributed by atoms with Gasteiger partial charge in [0.05, 0.1) is 5.69 Å². The standard InChI is InChI=1S/C11H8ClIN2O2S.C6H5ClIN/c12-8-4-5-10(9(13)7-8)15-18(16,17)11-3-1-2-6-14-11;7-4-1-2-6(9)5(8)3-4/h1-7,15H;1-3H,9H2. The highest BCUT2D eigenvalue weighted by atomic mass is 127. The Bertz CT molecular complexity index is 1040. The predicted octanol–water partition coefficient (Wildman–Crippen LogP) is 5.67. The van der Waals surface area contributed by atoms with Gasteiger partial charge in [0.15, 0.2) is 5.03 Å². The Morgan fingerprint density at radius 2 is 1.56 bits per heavy atom. The highest BCUT2D eigenvalue weighted by Gasteiger charge is 2.16. The van der Waals surface area contributed by atoms with Crippen molar-refractivity contribution >= 4 is 89.8 Å². The van der Waals surface area contributed by atoms with Crippen molar-refractivity contribution in [1.82, 2.24) is 4.98 Å². The van der Waals surface area contributed by atoms with E-state index in [-0.39, 0.29) is 5.03 Å². The number of nitrogens with zero attached hydrogens (tertiary/aromatic N) is 1. The zero-order valence-electron chi connectivity index (χ0n) is 13.5. The van der Waals surface area contributed by atoms with Crippen molar-refractivity contribution in [3.8, 4) is 0 Å². The minimum Gasteiger partial charge on any atom is -0.398 e. The van der Waals surface area contributed by atoms with E-state index >= 15 is 0 Å². The third-order valence-corrected chi connectivity index (χ3v) is 6.63. The average Bonchev–Trinajstić information content (AvgIpc) is 2.62. The van der Waals surface area contributed by atoms with Crippen LogP contribution in [0.3, 0.4) is 0 Å². The first-order valence-corrected chi connectivity index (χ1v) is 11.7. The molecular weight excluding hydrogens is 635 g/mol. The van der Waals surface area contributed by atoms with Crippen LogP contribution in [0.25, 0.3) is 0 Å². The quantitative estimate of drug-likeness (QED) is 0.284. The highest BCUT2D eigenvalue weighted by molar-refractivity contribution is 14.1. The minimum absolute atomic E-state index is 0.0178. The van der Waals surface area contributed by atoms with Crippen molar-refractivity contribution in [1.29, 1.82) is 0 Å². The number of sulfonamides is 1. The first kappa shape index (κ1) is 22.5. The summed E-state index contributed by atoms with van der Waals surface area (Å²) in [6.07, 6.45) is 1.43. The van der Waals surface area contributed by atoms with Gasteiger partial charge in [0.2, 0.25) is 0 Å². The van der Waals surface area contributed by atoms with E-state index in [1.165, 1.54) is 12.3 Å². The van der Waals surface area contributed by atoms with Gasteiger partial charge in [-0.05, 0) is 93.7 Å². The normalized spacial score (nSPS) is 10.7. The Morgan fingerprint density at radius 1 is 0.926 bits per heavy atom. The summed E-state index contributed by atoms with van der Waals surface area (Å²) in [5, 5.41) is 1.27. The summed E-state index contributed by atoms with van der Waals surface area (Å²) in [5.74, 6) is 0. The van der Waals surface area contributed by atoms with Crippen molar-refractivity contribution < 1.29 is 8.42 Å². The van der Waals surface area contributed by atoms with Gasteiger partial charge >= 0.3 is 0 Å². The van der Waals surface area contributed by atoms with Gasteiger partial charge < -0.3 is 5.73 Å². The maximum atomic E-state index is 12.0. The van der Waals surface area contributed by atoms with Crippen LogP contribution in [0.5, 0.6) is 0 Å². The first-order valence-electron chi connectivity index (χ1n) is 7.28. The molecule has 5 nitrogen and oxygen atoms in total. The number of hydrogen-bond acceptors (Lipinski definition) is 4. The molecule has 0 atom stereocenters. The van der Waals surface area contributed by atoms with Crippen LogP contribution in [-0.2, 0) is 10.0 Å². The number of benzene rings is 2. The van der Waals surface area contributed by atoms with Gasteiger partial charge in [-0.3, -0.25) is 4.72 Å². The Hall–Kier alpha value is -0.820. The summed E-state index contributed by atoms with van der Waals surface area (Å²) in [4.78, 5) is 3.81. The Kier molecular flexibility index (Phi) is 8.40. The van der Waals surface area contributed by atoms with E-state index in [9.17, 15) is 8.42 Å². The molecule has 3 rings (SSSR count). The molecule has 27 heavy (non-hydrogen) atoms. The van der Waals surface area contributed by atoms with Gasteiger partial charge in [0, 0.05) is 29.1 Å². The lowest BCUT2D eigenvalue weighted by Crippen LogP contribution is -2.14. The molecule has 0 aliphatic rings. The minimum atomic E-state index is -3.66. The van der Waals surface area contributed by atoms with E-state index in [1.807, 2.05) is 28.7 Å². The Labute approximate surface area is 195 Å². The van der Waals surface area contributed by atoms with E-state index in [1.54, 1.807) is 42.5 Å². The second kappa shape index (κ2) is 10.1. The molecule has 0 saturated carbocycles. The van der Waals surface area contributed by atoms with Gasteiger partial charge in [0.1, 0.15) is 0 Å². The van der Waals surface area contributed by atoms with E-state index < -0.39 is 10.0 Å². The summed E-state index contributed by atoms with van der Waals surface area (Å²) in [5.41, 5.74) is 6.78. The lowest BCUT2D eigenvalue weighted by atomic mass is 10.3. The van der Waals surface area contributed by atoms with Gasteiger partial charge in [0.25, 0.3) is 10.0 Å². The highest BCUT2D eigenvalue weighted by Crippen LogP contribution is 2.24. The Balaban J connectivity index is 0.000000244. The molecule has 2 aromatic carbocycles. The summed E-state index contributed by atoms with van der Waals surface area (Å²) in [6, 6.07) is 15.0. The number of nitrogens with one attached hydrogen (secondary N) is 1. The van der Waals surface area contributed by atoms with Crippen LogP contribution in [0.4, 0.5) is 11.4 Å². The molecule has 3 aromatic rings. The molecule has 0 bridgehead atoms. The third-order valence-electron chi connectivity index (χ3n) is 3.05. The summed E-state index contributed by atoms with van der Waals surface area (Å²) in [6.45, 7) is 0. The SMILES string of the molecule is Nc1ccc(Cl)cc1I.O=S(=O)(Nc1ccc(Cl)cc1I)c1ccccn1. The molecule has 0 aliphatic heterocycles. The molecule has 0 fully saturated rings. The monoisotopic (exact) mass is 647 g/mol. The number of halogens is 4. The van der Waals surface area contributed by atoms with E-state index in [0.29, 0.717) is 10.7 Å². The zero-order chi connectivity index (χ0) is 20.0. The van der Waals surface area contributed by atoms with E-state index in [4.69, 9.17) is 28.9 Å². The summed E-state index contributed by atoms with van der Waals surface area (Å²) in [7, 11) is -3.66. The lowest BCUT2D eigenvalue weighted by molar-refractivity contribution is 0.597. The predicted molar refractivity (Wildman–Crippen MR) is 128 cm³/mol. The lowest BCUT2D eigenvalue weighted by Gasteiger charge is -2.09. The van der Waals surface area contributed by atoms with E-state index in [0.717, 1.165) is 17.9 Å². The molecule has 0 amide bonds. The number of anilines is 2. The van der Waals surface area contributed by atoms with Crippen LogP contribution in [0, 0.1) is 7.14 Å². The molecule has 0 spiro atoms. The average molecular weight is 648 g/mol. The van der Waals surface area contributed by atoms with Crippen molar-refractivity contribution in [2.75, 3.05) is 10.5 Å².